The Hall–Kier alpha value is -1.98. The first kappa shape index (κ1) is 22.1. The largest absolute Gasteiger partial charge is 0.341 e. The third kappa shape index (κ3) is 5.51. The molecular weight excluding hydrogens is 338 g/mol. The van der Waals surface area contributed by atoms with Crippen molar-refractivity contribution in [3.05, 3.63) is 35.4 Å². The van der Waals surface area contributed by atoms with Gasteiger partial charge in [-0.25, -0.2) is 8.78 Å². The van der Waals surface area contributed by atoms with Gasteiger partial charge in [0, 0.05) is 13.1 Å². The van der Waals surface area contributed by atoms with Crippen LogP contribution >= 0.6 is 0 Å². The number of nitrogens with one attached hydrogen (secondary N) is 1. The maximum absolute atomic E-state index is 13.8. The summed E-state index contributed by atoms with van der Waals surface area (Å²) >= 11 is 0. The van der Waals surface area contributed by atoms with Crippen LogP contribution in [0.3, 0.4) is 0 Å². The molecule has 0 fully saturated rings. The summed E-state index contributed by atoms with van der Waals surface area (Å²) in [4.78, 5) is 27.0. The molecule has 146 valence electrons. The lowest BCUT2D eigenvalue weighted by molar-refractivity contribution is -0.134. The van der Waals surface area contributed by atoms with Crippen LogP contribution in [0.2, 0.25) is 0 Å². The predicted octanol–water partition coefficient (Wildman–Crippen LogP) is 4.00. The highest BCUT2D eigenvalue weighted by Gasteiger charge is 2.30. The Bertz CT molecular complexity index is 596. The van der Waals surface area contributed by atoms with Gasteiger partial charge >= 0.3 is 0 Å². The molecule has 0 spiro atoms. The van der Waals surface area contributed by atoms with Gasteiger partial charge in [-0.05, 0) is 30.9 Å². The number of amides is 2. The average Bonchev–Trinajstić information content (AvgIpc) is 2.60. The highest BCUT2D eigenvalue weighted by molar-refractivity contribution is 5.98. The van der Waals surface area contributed by atoms with Gasteiger partial charge in [-0.15, -0.1) is 0 Å². The van der Waals surface area contributed by atoms with E-state index < -0.39 is 29.1 Å². The first-order valence-electron chi connectivity index (χ1n) is 9.30. The molecule has 0 aliphatic heterocycles. The fourth-order valence-electron chi connectivity index (χ4n) is 2.87. The van der Waals surface area contributed by atoms with Gasteiger partial charge in [0.05, 0.1) is 0 Å². The second-order valence-corrected chi connectivity index (χ2v) is 6.85. The van der Waals surface area contributed by atoms with Crippen molar-refractivity contribution in [3.8, 4) is 0 Å². The zero-order valence-electron chi connectivity index (χ0n) is 16.3. The fraction of sp³-hybridized carbons (Fsp3) is 0.600. The number of carbonyl (C=O) groups excluding carboxylic acids is 2. The Kier molecular flexibility index (Phi) is 8.69. The Labute approximate surface area is 155 Å². The van der Waals surface area contributed by atoms with Gasteiger partial charge in [-0.2, -0.15) is 0 Å². The van der Waals surface area contributed by atoms with Crippen LogP contribution in [-0.2, 0) is 4.79 Å². The van der Waals surface area contributed by atoms with Crippen LogP contribution in [0.4, 0.5) is 8.78 Å². The Morgan fingerprint density at radius 1 is 1.08 bits per heavy atom. The van der Waals surface area contributed by atoms with E-state index in [2.05, 4.69) is 19.2 Å². The number of carbonyl (C=O) groups is 2. The van der Waals surface area contributed by atoms with Crippen LogP contribution in [0, 0.1) is 23.5 Å². The minimum Gasteiger partial charge on any atom is -0.341 e. The topological polar surface area (TPSA) is 49.4 Å². The zero-order chi connectivity index (χ0) is 19.9. The molecule has 26 heavy (non-hydrogen) atoms. The third-order valence-electron chi connectivity index (χ3n) is 4.74. The molecule has 1 rings (SSSR count). The molecule has 2 amide bonds. The van der Waals surface area contributed by atoms with Crippen LogP contribution in [-0.4, -0.2) is 35.8 Å². The summed E-state index contributed by atoms with van der Waals surface area (Å²) in [5.74, 6) is -2.85. The minimum atomic E-state index is -0.943. The van der Waals surface area contributed by atoms with Crippen molar-refractivity contribution in [1.29, 1.82) is 0 Å². The van der Waals surface area contributed by atoms with Crippen molar-refractivity contribution >= 4 is 11.8 Å². The predicted molar refractivity (Wildman–Crippen MR) is 98.8 cm³/mol. The lowest BCUT2D eigenvalue weighted by Crippen LogP contribution is -2.52. The molecule has 1 aromatic carbocycles. The molecule has 0 saturated heterocycles. The van der Waals surface area contributed by atoms with Crippen LogP contribution in [0.25, 0.3) is 0 Å². The molecule has 1 unspecified atom stereocenters. The first-order chi connectivity index (χ1) is 12.3. The summed E-state index contributed by atoms with van der Waals surface area (Å²) in [5, 5.41) is 2.53. The van der Waals surface area contributed by atoms with Gasteiger partial charge in [-0.1, -0.05) is 46.6 Å². The first-order valence-corrected chi connectivity index (χ1v) is 9.30. The molecule has 0 aliphatic carbocycles. The summed E-state index contributed by atoms with van der Waals surface area (Å²) in [5.41, 5.74) is -0.658. The number of halogens is 2. The maximum Gasteiger partial charge on any atom is 0.257 e. The number of rotatable bonds is 9. The van der Waals surface area contributed by atoms with Gasteiger partial charge in [0.25, 0.3) is 5.91 Å². The third-order valence-corrected chi connectivity index (χ3v) is 4.74. The molecule has 1 atom stereocenters. The monoisotopic (exact) mass is 368 g/mol. The van der Waals surface area contributed by atoms with Crippen molar-refractivity contribution in [1.82, 2.24) is 10.2 Å². The SMILES string of the molecule is CCC(CC)CN(CC)C(=O)C(NC(=O)c1c(F)cccc1F)C(C)C. The van der Waals surface area contributed by atoms with Crippen LogP contribution in [0.1, 0.15) is 57.8 Å². The van der Waals surface area contributed by atoms with E-state index in [4.69, 9.17) is 0 Å². The number of hydrogen-bond donors (Lipinski definition) is 1. The summed E-state index contributed by atoms with van der Waals surface area (Å²) in [6, 6.07) is 2.41. The number of likely N-dealkylation sites (N-methyl/N-ethyl adjacent to an activating group) is 1. The lowest BCUT2D eigenvalue weighted by Gasteiger charge is -2.31. The molecular formula is C20H30F2N2O2. The standard InChI is InChI=1S/C20H30F2N2O2/c1-6-14(7-2)12-24(8-3)20(26)18(13(4)5)23-19(25)17-15(21)10-9-11-16(17)22/h9-11,13-14,18H,6-8,12H2,1-5H3,(H,23,25). The van der Waals surface area contributed by atoms with Crippen LogP contribution < -0.4 is 5.32 Å². The van der Waals surface area contributed by atoms with E-state index in [-0.39, 0.29) is 11.8 Å². The van der Waals surface area contributed by atoms with E-state index in [0.29, 0.717) is 19.0 Å². The van der Waals surface area contributed by atoms with Crippen LogP contribution in [0.5, 0.6) is 0 Å². The summed E-state index contributed by atoms with van der Waals surface area (Å²) < 4.78 is 27.7. The van der Waals surface area contributed by atoms with Gasteiger partial charge in [0.2, 0.25) is 5.91 Å². The highest BCUT2D eigenvalue weighted by Crippen LogP contribution is 2.16. The van der Waals surface area contributed by atoms with Gasteiger partial charge in [0.15, 0.2) is 0 Å². The second kappa shape index (κ2) is 10.2. The van der Waals surface area contributed by atoms with Crippen molar-refractivity contribution < 1.29 is 18.4 Å². The number of nitrogens with zero attached hydrogens (tertiary/aromatic N) is 1. The Morgan fingerprint density at radius 2 is 1.62 bits per heavy atom. The molecule has 1 N–H and O–H groups in total. The van der Waals surface area contributed by atoms with E-state index >= 15 is 0 Å². The van der Waals surface area contributed by atoms with Crippen molar-refractivity contribution in [2.75, 3.05) is 13.1 Å². The van der Waals surface area contributed by atoms with E-state index in [0.717, 1.165) is 25.0 Å². The molecule has 0 saturated carbocycles. The van der Waals surface area contributed by atoms with E-state index in [1.807, 2.05) is 6.92 Å². The zero-order valence-corrected chi connectivity index (χ0v) is 16.3. The normalized spacial score (nSPS) is 12.3. The molecule has 6 heteroatoms. The van der Waals surface area contributed by atoms with Gasteiger partial charge in [0.1, 0.15) is 23.2 Å². The van der Waals surface area contributed by atoms with E-state index in [9.17, 15) is 18.4 Å². The van der Waals surface area contributed by atoms with Crippen molar-refractivity contribution in [2.24, 2.45) is 11.8 Å². The summed E-state index contributed by atoms with van der Waals surface area (Å²) in [7, 11) is 0. The lowest BCUT2D eigenvalue weighted by atomic mass is 9.99. The molecule has 0 radical (unpaired) electrons. The molecule has 1 aromatic rings. The summed E-state index contributed by atoms with van der Waals surface area (Å²) in [6.45, 7) is 10.8. The maximum atomic E-state index is 13.8. The van der Waals surface area contributed by atoms with Crippen molar-refractivity contribution in [3.63, 3.8) is 0 Å². The Morgan fingerprint density at radius 3 is 2.04 bits per heavy atom. The Balaban J connectivity index is 3.00. The fourth-order valence-corrected chi connectivity index (χ4v) is 2.87. The molecule has 0 bridgehead atoms. The number of benzene rings is 1. The summed E-state index contributed by atoms with van der Waals surface area (Å²) in [6.07, 6.45) is 1.92. The quantitative estimate of drug-likeness (QED) is 0.716. The highest BCUT2D eigenvalue weighted by atomic mass is 19.1. The van der Waals surface area contributed by atoms with Crippen LogP contribution in [0.15, 0.2) is 18.2 Å². The molecule has 0 aliphatic rings. The van der Waals surface area contributed by atoms with Gasteiger partial charge in [-0.3, -0.25) is 9.59 Å². The molecule has 4 nitrogen and oxygen atoms in total. The second-order valence-electron chi connectivity index (χ2n) is 6.85. The minimum absolute atomic E-state index is 0.211. The van der Waals surface area contributed by atoms with Gasteiger partial charge < -0.3 is 10.2 Å². The average molecular weight is 368 g/mol. The van der Waals surface area contributed by atoms with E-state index in [1.165, 1.54) is 6.07 Å². The van der Waals surface area contributed by atoms with E-state index in [1.54, 1.807) is 18.7 Å². The molecule has 0 heterocycles. The molecule has 0 aromatic heterocycles. The van der Waals surface area contributed by atoms with Crippen molar-refractivity contribution in [2.45, 2.75) is 53.5 Å². The number of hydrogen-bond acceptors (Lipinski definition) is 2. The smallest absolute Gasteiger partial charge is 0.257 e.